The summed E-state index contributed by atoms with van der Waals surface area (Å²) in [6.45, 7) is 1.02. The van der Waals surface area contributed by atoms with Crippen LogP contribution in [0.25, 0.3) is 5.69 Å². The monoisotopic (exact) mass is 277 g/mol. The Labute approximate surface area is 123 Å². The first-order valence-corrected chi connectivity index (χ1v) is 7.03. The van der Waals surface area contributed by atoms with E-state index in [2.05, 4.69) is 16.4 Å². The molecule has 0 aliphatic carbocycles. The number of benzene rings is 1. The van der Waals surface area contributed by atoms with E-state index >= 15 is 0 Å². The minimum absolute atomic E-state index is 0.294. The van der Waals surface area contributed by atoms with Gasteiger partial charge >= 0.3 is 0 Å². The number of hydrogen-bond donors (Lipinski definition) is 1. The Morgan fingerprint density at radius 3 is 2.76 bits per heavy atom. The smallest absolute Gasteiger partial charge is 0.101 e. The van der Waals surface area contributed by atoms with Crippen LogP contribution in [0.2, 0.25) is 0 Å². The number of hydrogen-bond acceptors (Lipinski definition) is 4. The van der Waals surface area contributed by atoms with E-state index in [0.717, 1.165) is 24.3 Å². The zero-order chi connectivity index (χ0) is 14.7. The van der Waals surface area contributed by atoms with Crippen molar-refractivity contribution in [2.75, 3.05) is 6.54 Å². The maximum atomic E-state index is 9.15. The molecule has 1 aromatic carbocycles. The number of nitrogens with one attached hydrogen (secondary N) is 1. The Bertz CT molecular complexity index is 726. The van der Waals surface area contributed by atoms with Crippen LogP contribution in [0.15, 0.2) is 30.7 Å². The minimum atomic E-state index is 0.294. The molecule has 0 bridgehead atoms. The van der Waals surface area contributed by atoms with Crippen LogP contribution in [0.5, 0.6) is 0 Å². The van der Waals surface area contributed by atoms with Crippen LogP contribution < -0.4 is 5.32 Å². The lowest BCUT2D eigenvalue weighted by molar-refractivity contribution is 0.402. The quantitative estimate of drug-likeness (QED) is 0.914. The van der Waals surface area contributed by atoms with Gasteiger partial charge in [-0.05, 0) is 37.6 Å². The highest BCUT2D eigenvalue weighted by Gasteiger charge is 2.19. The van der Waals surface area contributed by atoms with Crippen molar-refractivity contribution in [1.29, 1.82) is 10.5 Å². The van der Waals surface area contributed by atoms with Gasteiger partial charge in [-0.3, -0.25) is 0 Å². The summed E-state index contributed by atoms with van der Waals surface area (Å²) in [5.74, 6) is 0. The topological polar surface area (TPSA) is 77.4 Å². The van der Waals surface area contributed by atoms with Crippen molar-refractivity contribution >= 4 is 0 Å². The average Bonchev–Trinajstić information content (AvgIpc) is 3.04. The maximum Gasteiger partial charge on any atom is 0.101 e. The molecule has 1 aliphatic heterocycles. The molecule has 1 saturated heterocycles. The molecular formula is C16H15N5. The van der Waals surface area contributed by atoms with Crippen molar-refractivity contribution in [2.24, 2.45) is 0 Å². The van der Waals surface area contributed by atoms with Gasteiger partial charge < -0.3 is 9.88 Å². The van der Waals surface area contributed by atoms with E-state index in [-0.39, 0.29) is 0 Å². The summed E-state index contributed by atoms with van der Waals surface area (Å²) in [6, 6.07) is 9.69. The highest BCUT2D eigenvalue weighted by atomic mass is 15.1. The van der Waals surface area contributed by atoms with Gasteiger partial charge in [0.05, 0.1) is 29.3 Å². The van der Waals surface area contributed by atoms with Crippen molar-refractivity contribution in [3.63, 3.8) is 0 Å². The summed E-state index contributed by atoms with van der Waals surface area (Å²) in [5, 5.41) is 21.7. The van der Waals surface area contributed by atoms with Crippen molar-refractivity contribution in [3.05, 3.63) is 47.5 Å². The third kappa shape index (κ3) is 2.52. The van der Waals surface area contributed by atoms with E-state index in [1.54, 1.807) is 18.5 Å². The summed E-state index contributed by atoms with van der Waals surface area (Å²) in [7, 11) is 0. The van der Waals surface area contributed by atoms with Gasteiger partial charge in [-0.1, -0.05) is 6.42 Å². The van der Waals surface area contributed by atoms with Gasteiger partial charge in [-0.15, -0.1) is 0 Å². The van der Waals surface area contributed by atoms with Crippen molar-refractivity contribution in [2.45, 2.75) is 25.3 Å². The Balaban J connectivity index is 2.00. The summed E-state index contributed by atoms with van der Waals surface area (Å²) in [6.07, 6.45) is 7.13. The molecule has 1 unspecified atom stereocenters. The summed E-state index contributed by atoms with van der Waals surface area (Å²) < 4.78 is 1.99. The van der Waals surface area contributed by atoms with Gasteiger partial charge in [0.2, 0.25) is 0 Å². The first-order valence-electron chi connectivity index (χ1n) is 7.03. The molecule has 2 aromatic rings. The van der Waals surface area contributed by atoms with Crippen LogP contribution in [-0.4, -0.2) is 16.1 Å². The van der Waals surface area contributed by atoms with Crippen molar-refractivity contribution in [1.82, 2.24) is 14.9 Å². The molecule has 3 rings (SSSR count). The van der Waals surface area contributed by atoms with Crippen LogP contribution in [0.1, 0.15) is 42.1 Å². The first-order chi connectivity index (χ1) is 10.3. The molecule has 0 spiro atoms. The van der Waals surface area contributed by atoms with E-state index in [1.807, 2.05) is 22.9 Å². The number of nitriles is 2. The number of imidazole rings is 1. The van der Waals surface area contributed by atoms with E-state index < -0.39 is 0 Å². The Kier molecular flexibility index (Phi) is 3.68. The molecule has 2 heterocycles. The molecule has 1 aliphatic rings. The molecule has 104 valence electrons. The third-order valence-electron chi connectivity index (χ3n) is 3.86. The fraction of sp³-hybridized carbons (Fsp3) is 0.312. The molecule has 1 fully saturated rings. The predicted molar refractivity (Wildman–Crippen MR) is 77.6 cm³/mol. The lowest BCUT2D eigenvalue weighted by Gasteiger charge is -2.24. The molecule has 5 nitrogen and oxygen atoms in total. The first kappa shape index (κ1) is 13.4. The lowest BCUT2D eigenvalue weighted by atomic mass is 10.0. The number of nitrogens with zero attached hydrogens (tertiary/aromatic N) is 4. The Morgan fingerprint density at radius 2 is 2.05 bits per heavy atom. The van der Waals surface area contributed by atoms with E-state index in [4.69, 9.17) is 10.5 Å². The van der Waals surface area contributed by atoms with Crippen LogP contribution in [0, 0.1) is 22.7 Å². The van der Waals surface area contributed by atoms with Crippen LogP contribution in [0.4, 0.5) is 0 Å². The second-order valence-corrected chi connectivity index (χ2v) is 5.14. The van der Waals surface area contributed by atoms with Gasteiger partial charge in [-0.25, -0.2) is 4.98 Å². The molecule has 21 heavy (non-hydrogen) atoms. The van der Waals surface area contributed by atoms with Gasteiger partial charge in [0.25, 0.3) is 0 Å². The van der Waals surface area contributed by atoms with E-state index in [1.165, 1.54) is 12.8 Å². The zero-order valence-corrected chi connectivity index (χ0v) is 11.6. The highest BCUT2D eigenvalue weighted by molar-refractivity contribution is 5.52. The van der Waals surface area contributed by atoms with Crippen LogP contribution >= 0.6 is 0 Å². The van der Waals surface area contributed by atoms with Crippen molar-refractivity contribution < 1.29 is 0 Å². The normalized spacial score (nSPS) is 17.9. The number of aromatic nitrogens is 2. The molecule has 1 atom stereocenters. The molecule has 1 aromatic heterocycles. The summed E-state index contributed by atoms with van der Waals surface area (Å²) in [4.78, 5) is 4.25. The number of piperidine rings is 1. The van der Waals surface area contributed by atoms with Crippen LogP contribution in [-0.2, 0) is 0 Å². The van der Waals surface area contributed by atoms with Gasteiger partial charge in [-0.2, -0.15) is 10.5 Å². The second-order valence-electron chi connectivity index (χ2n) is 5.14. The third-order valence-corrected chi connectivity index (χ3v) is 3.86. The molecule has 0 saturated carbocycles. The van der Waals surface area contributed by atoms with E-state index in [9.17, 15) is 0 Å². The molecule has 1 N–H and O–H groups in total. The molecule has 5 heteroatoms. The highest BCUT2D eigenvalue weighted by Crippen LogP contribution is 2.25. The van der Waals surface area contributed by atoms with Crippen LogP contribution in [0.3, 0.4) is 0 Å². The number of rotatable bonds is 2. The van der Waals surface area contributed by atoms with Crippen molar-refractivity contribution in [3.8, 4) is 17.8 Å². The summed E-state index contributed by atoms with van der Waals surface area (Å²) >= 11 is 0. The Morgan fingerprint density at radius 1 is 1.19 bits per heavy atom. The Hall–Kier alpha value is -2.63. The van der Waals surface area contributed by atoms with Gasteiger partial charge in [0, 0.05) is 11.7 Å². The minimum Gasteiger partial charge on any atom is -0.309 e. The molecule has 0 amide bonds. The maximum absolute atomic E-state index is 9.15. The predicted octanol–water partition coefficient (Wildman–Crippen LogP) is 2.43. The fourth-order valence-electron chi connectivity index (χ4n) is 2.76. The van der Waals surface area contributed by atoms with Gasteiger partial charge in [0.1, 0.15) is 12.1 Å². The summed E-state index contributed by atoms with van der Waals surface area (Å²) in [5.41, 5.74) is 2.76. The SMILES string of the molecule is N#Cc1ccc(-n2cncc2C2CCCCN2)cc1C#N. The average molecular weight is 277 g/mol. The van der Waals surface area contributed by atoms with E-state index in [0.29, 0.717) is 17.2 Å². The largest absolute Gasteiger partial charge is 0.309 e. The fourth-order valence-corrected chi connectivity index (χ4v) is 2.76. The zero-order valence-electron chi connectivity index (χ0n) is 11.6. The second kappa shape index (κ2) is 5.78. The molecule has 0 radical (unpaired) electrons. The van der Waals surface area contributed by atoms with Gasteiger partial charge in [0.15, 0.2) is 0 Å². The standard InChI is InChI=1S/C16H15N5/c17-8-12-4-5-14(7-13(12)9-18)21-11-19-10-16(21)15-3-1-2-6-20-15/h4-5,7,10-11,15,20H,1-3,6H2. The lowest BCUT2D eigenvalue weighted by Crippen LogP contribution is -2.28. The molecular weight excluding hydrogens is 262 g/mol.